The number of sulfonamides is 1. The summed E-state index contributed by atoms with van der Waals surface area (Å²) in [4.78, 5) is 0.131. The van der Waals surface area contributed by atoms with Crippen LogP contribution in [0.4, 0.5) is 0 Å². The lowest BCUT2D eigenvalue weighted by molar-refractivity contribution is 0.506. The average Bonchev–Trinajstić information content (AvgIpc) is 2.90. The molecule has 2 aromatic heterocycles. The second-order valence-electron chi connectivity index (χ2n) is 3.16. The van der Waals surface area contributed by atoms with Gasteiger partial charge in [0.1, 0.15) is 10.7 Å². The standard InChI is InChI=1S/C9H11N3O3S/c13-16(14,9-6-10-11-7-9)12-4-3-8-2-1-5-15-8/h1-2,5-7,12H,3-4H2,(H,10,11). The van der Waals surface area contributed by atoms with Crippen molar-refractivity contribution < 1.29 is 12.8 Å². The van der Waals surface area contributed by atoms with Crippen LogP contribution in [0.2, 0.25) is 0 Å². The van der Waals surface area contributed by atoms with Crippen LogP contribution < -0.4 is 4.72 Å². The van der Waals surface area contributed by atoms with Crippen molar-refractivity contribution in [2.45, 2.75) is 11.3 Å². The van der Waals surface area contributed by atoms with E-state index in [1.165, 1.54) is 12.4 Å². The molecule has 2 rings (SSSR count). The molecule has 0 aliphatic rings. The zero-order chi connectivity index (χ0) is 11.4. The molecule has 0 amide bonds. The fraction of sp³-hybridized carbons (Fsp3) is 0.222. The first-order valence-corrected chi connectivity index (χ1v) is 6.17. The summed E-state index contributed by atoms with van der Waals surface area (Å²) in [5, 5.41) is 6.04. The van der Waals surface area contributed by atoms with Crippen molar-refractivity contribution in [3.63, 3.8) is 0 Å². The number of hydrogen-bond donors (Lipinski definition) is 2. The van der Waals surface area contributed by atoms with Gasteiger partial charge in [0.15, 0.2) is 0 Å². The first-order valence-electron chi connectivity index (χ1n) is 4.69. The van der Waals surface area contributed by atoms with E-state index in [4.69, 9.17) is 4.42 Å². The Labute approximate surface area is 92.7 Å². The summed E-state index contributed by atoms with van der Waals surface area (Å²) >= 11 is 0. The maximum absolute atomic E-state index is 11.6. The van der Waals surface area contributed by atoms with Crippen molar-refractivity contribution in [3.05, 3.63) is 36.5 Å². The Hall–Kier alpha value is -1.60. The molecule has 0 aliphatic carbocycles. The predicted molar refractivity (Wildman–Crippen MR) is 56.2 cm³/mol. The van der Waals surface area contributed by atoms with E-state index in [2.05, 4.69) is 14.9 Å². The van der Waals surface area contributed by atoms with E-state index in [1.807, 2.05) is 0 Å². The Morgan fingerprint density at radius 1 is 1.50 bits per heavy atom. The van der Waals surface area contributed by atoms with Gasteiger partial charge in [-0.3, -0.25) is 5.10 Å². The summed E-state index contributed by atoms with van der Waals surface area (Å²) in [5.74, 6) is 0.745. The highest BCUT2D eigenvalue weighted by molar-refractivity contribution is 7.89. The molecule has 16 heavy (non-hydrogen) atoms. The van der Waals surface area contributed by atoms with Crippen LogP contribution in [0.25, 0.3) is 0 Å². The highest BCUT2D eigenvalue weighted by Crippen LogP contribution is 2.05. The summed E-state index contributed by atoms with van der Waals surface area (Å²) in [6.07, 6.45) is 4.66. The van der Waals surface area contributed by atoms with Crippen molar-refractivity contribution in [2.75, 3.05) is 6.54 Å². The van der Waals surface area contributed by atoms with Gasteiger partial charge in [-0.1, -0.05) is 0 Å². The zero-order valence-corrected chi connectivity index (χ0v) is 9.20. The summed E-state index contributed by atoms with van der Waals surface area (Å²) in [7, 11) is -3.46. The van der Waals surface area contributed by atoms with E-state index in [-0.39, 0.29) is 4.90 Å². The Morgan fingerprint density at radius 2 is 2.38 bits per heavy atom. The van der Waals surface area contributed by atoms with Crippen LogP contribution >= 0.6 is 0 Å². The lowest BCUT2D eigenvalue weighted by atomic mass is 10.3. The number of furan rings is 1. The van der Waals surface area contributed by atoms with Crippen LogP contribution in [0.5, 0.6) is 0 Å². The summed E-state index contributed by atoms with van der Waals surface area (Å²) in [5.41, 5.74) is 0. The van der Waals surface area contributed by atoms with Crippen molar-refractivity contribution in [1.82, 2.24) is 14.9 Å². The number of H-pyrrole nitrogens is 1. The number of nitrogens with one attached hydrogen (secondary N) is 2. The third-order valence-corrected chi connectivity index (χ3v) is 3.46. The van der Waals surface area contributed by atoms with Gasteiger partial charge in [0.2, 0.25) is 10.0 Å². The van der Waals surface area contributed by atoms with Crippen molar-refractivity contribution in [3.8, 4) is 0 Å². The molecule has 0 unspecified atom stereocenters. The second-order valence-corrected chi connectivity index (χ2v) is 4.93. The van der Waals surface area contributed by atoms with Crippen molar-refractivity contribution in [1.29, 1.82) is 0 Å². The van der Waals surface area contributed by atoms with Crippen LogP contribution in [0.3, 0.4) is 0 Å². The maximum atomic E-state index is 11.6. The summed E-state index contributed by atoms with van der Waals surface area (Å²) < 4.78 is 30.8. The molecule has 0 saturated heterocycles. The molecule has 0 aromatic carbocycles. The molecule has 0 atom stereocenters. The first kappa shape index (κ1) is 10.9. The third kappa shape index (κ3) is 2.50. The van der Waals surface area contributed by atoms with E-state index in [0.717, 1.165) is 5.76 Å². The minimum atomic E-state index is -3.46. The number of nitrogens with zero attached hydrogens (tertiary/aromatic N) is 1. The van der Waals surface area contributed by atoms with Gasteiger partial charge in [0, 0.05) is 19.2 Å². The molecular weight excluding hydrogens is 230 g/mol. The quantitative estimate of drug-likeness (QED) is 0.799. The maximum Gasteiger partial charge on any atom is 0.243 e. The Morgan fingerprint density at radius 3 is 3.00 bits per heavy atom. The Balaban J connectivity index is 1.91. The highest BCUT2D eigenvalue weighted by atomic mass is 32.2. The van der Waals surface area contributed by atoms with Crippen LogP contribution in [0.15, 0.2) is 40.1 Å². The topological polar surface area (TPSA) is 88.0 Å². The Bertz CT molecular complexity index is 516. The summed E-state index contributed by atoms with van der Waals surface area (Å²) in [6, 6.07) is 3.56. The number of hydrogen-bond acceptors (Lipinski definition) is 4. The highest BCUT2D eigenvalue weighted by Gasteiger charge is 2.14. The second kappa shape index (κ2) is 4.50. The number of aromatic amines is 1. The monoisotopic (exact) mass is 241 g/mol. The predicted octanol–water partition coefficient (Wildman–Crippen LogP) is 0.524. The first-order chi connectivity index (χ1) is 7.68. The van der Waals surface area contributed by atoms with E-state index in [0.29, 0.717) is 13.0 Å². The fourth-order valence-corrected chi connectivity index (χ4v) is 2.17. The largest absolute Gasteiger partial charge is 0.469 e. The molecule has 2 N–H and O–H groups in total. The van der Waals surface area contributed by atoms with Crippen LogP contribution in [0.1, 0.15) is 5.76 Å². The van der Waals surface area contributed by atoms with Gasteiger partial charge < -0.3 is 4.42 Å². The molecule has 0 aliphatic heterocycles. The fourth-order valence-electron chi connectivity index (χ4n) is 1.23. The molecule has 0 bridgehead atoms. The molecule has 0 spiro atoms. The van der Waals surface area contributed by atoms with Gasteiger partial charge in [-0.25, -0.2) is 13.1 Å². The molecule has 7 heteroatoms. The molecule has 0 saturated carbocycles. The molecule has 0 fully saturated rings. The van der Waals surface area contributed by atoms with Gasteiger partial charge in [0.25, 0.3) is 0 Å². The van der Waals surface area contributed by atoms with E-state index >= 15 is 0 Å². The van der Waals surface area contributed by atoms with E-state index in [1.54, 1.807) is 18.4 Å². The van der Waals surface area contributed by atoms with Gasteiger partial charge in [-0.15, -0.1) is 0 Å². The molecule has 2 aromatic rings. The van der Waals surface area contributed by atoms with E-state index < -0.39 is 10.0 Å². The lowest BCUT2D eigenvalue weighted by Gasteiger charge is -2.02. The van der Waals surface area contributed by atoms with Gasteiger partial charge in [-0.2, -0.15) is 5.10 Å². The van der Waals surface area contributed by atoms with Gasteiger partial charge >= 0.3 is 0 Å². The molecule has 6 nitrogen and oxygen atoms in total. The van der Waals surface area contributed by atoms with Crippen molar-refractivity contribution in [2.24, 2.45) is 0 Å². The minimum absolute atomic E-state index is 0.131. The molecule has 86 valence electrons. The van der Waals surface area contributed by atoms with Gasteiger partial charge in [0.05, 0.1) is 12.5 Å². The van der Waals surface area contributed by atoms with Crippen LogP contribution in [-0.2, 0) is 16.4 Å². The SMILES string of the molecule is O=S(=O)(NCCc1ccco1)c1cn[nH]c1. The Kier molecular flexibility index (Phi) is 3.07. The van der Waals surface area contributed by atoms with E-state index in [9.17, 15) is 8.42 Å². The minimum Gasteiger partial charge on any atom is -0.469 e. The molecule has 0 radical (unpaired) electrons. The van der Waals surface area contributed by atoms with Crippen LogP contribution in [0, 0.1) is 0 Å². The molecular formula is C9H11N3O3S. The smallest absolute Gasteiger partial charge is 0.243 e. The normalized spacial score (nSPS) is 11.8. The van der Waals surface area contributed by atoms with Crippen LogP contribution in [-0.4, -0.2) is 25.2 Å². The average molecular weight is 241 g/mol. The number of rotatable bonds is 5. The number of aromatic nitrogens is 2. The molecule has 2 heterocycles. The lowest BCUT2D eigenvalue weighted by Crippen LogP contribution is -2.25. The third-order valence-electron chi connectivity index (χ3n) is 2.03. The van der Waals surface area contributed by atoms with Gasteiger partial charge in [-0.05, 0) is 12.1 Å². The zero-order valence-electron chi connectivity index (χ0n) is 8.38. The summed E-state index contributed by atoms with van der Waals surface area (Å²) in [6.45, 7) is 0.293. The van der Waals surface area contributed by atoms with Crippen molar-refractivity contribution >= 4 is 10.0 Å².